The normalized spacial score (nSPS) is 11.9. The molecule has 2 rings (SSSR count). The van der Waals surface area contributed by atoms with E-state index >= 15 is 0 Å². The van der Waals surface area contributed by atoms with Gasteiger partial charge in [-0.1, -0.05) is 24.3 Å². The maximum atomic E-state index is 10.7. The summed E-state index contributed by atoms with van der Waals surface area (Å²) in [5.41, 5.74) is 2.91. The van der Waals surface area contributed by atoms with Gasteiger partial charge >= 0.3 is 5.97 Å². The number of carboxylic acid groups (broad SMARTS) is 1. The molecule has 1 heterocycles. The Balaban J connectivity index is 2.19. The van der Waals surface area contributed by atoms with E-state index in [1.165, 1.54) is 0 Å². The molecule has 0 aliphatic carbocycles. The summed E-state index contributed by atoms with van der Waals surface area (Å²) in [6.07, 6.45) is 0. The zero-order valence-electron chi connectivity index (χ0n) is 10.8. The van der Waals surface area contributed by atoms with Crippen LogP contribution in [0.3, 0.4) is 0 Å². The van der Waals surface area contributed by atoms with Crippen LogP contribution in [0, 0.1) is 6.92 Å². The average Bonchev–Trinajstić information content (AvgIpc) is 2.40. The van der Waals surface area contributed by atoms with Crippen LogP contribution in [0.15, 0.2) is 36.4 Å². The molecule has 0 aliphatic rings. The van der Waals surface area contributed by atoms with Crippen molar-refractivity contribution in [3.63, 3.8) is 0 Å². The maximum Gasteiger partial charge on any atom is 0.325 e. The Hall–Kier alpha value is -2.43. The zero-order chi connectivity index (χ0) is 13.8. The molecule has 1 atom stereocenters. The fourth-order valence-electron chi connectivity index (χ4n) is 1.70. The molecule has 0 saturated heterocycles. The fourth-order valence-corrected chi connectivity index (χ4v) is 1.70. The van der Waals surface area contributed by atoms with E-state index in [0.717, 1.165) is 16.8 Å². The van der Waals surface area contributed by atoms with E-state index in [4.69, 9.17) is 5.11 Å². The minimum Gasteiger partial charge on any atom is -0.480 e. The highest BCUT2D eigenvalue weighted by molar-refractivity contribution is 5.76. The van der Waals surface area contributed by atoms with E-state index < -0.39 is 12.0 Å². The quantitative estimate of drug-likeness (QED) is 0.879. The van der Waals surface area contributed by atoms with Gasteiger partial charge in [-0.2, -0.15) is 0 Å². The van der Waals surface area contributed by atoms with Crippen molar-refractivity contribution in [1.82, 2.24) is 10.2 Å². The Morgan fingerprint density at radius 2 is 1.95 bits per heavy atom. The number of hydrogen-bond acceptors (Lipinski definition) is 4. The number of nitrogens with one attached hydrogen (secondary N) is 1. The molecule has 0 amide bonds. The zero-order valence-corrected chi connectivity index (χ0v) is 10.8. The van der Waals surface area contributed by atoms with Gasteiger partial charge in [0.25, 0.3) is 0 Å². The average molecular weight is 257 g/mol. The van der Waals surface area contributed by atoms with Crippen molar-refractivity contribution in [2.45, 2.75) is 19.9 Å². The monoisotopic (exact) mass is 257 g/mol. The molecular formula is C14H15N3O2. The first-order chi connectivity index (χ1) is 9.08. The number of nitrogens with zero attached hydrogens (tertiary/aromatic N) is 2. The molecule has 0 aliphatic heterocycles. The Labute approximate surface area is 111 Å². The molecule has 19 heavy (non-hydrogen) atoms. The highest BCUT2D eigenvalue weighted by Gasteiger charge is 2.11. The Morgan fingerprint density at radius 1 is 1.21 bits per heavy atom. The van der Waals surface area contributed by atoms with Crippen molar-refractivity contribution in [3.05, 3.63) is 42.0 Å². The molecule has 5 heteroatoms. The molecule has 0 fully saturated rings. The number of hydrogen-bond donors (Lipinski definition) is 2. The van der Waals surface area contributed by atoms with Gasteiger partial charge < -0.3 is 10.4 Å². The number of aryl methyl sites for hydroxylation is 1. The first kappa shape index (κ1) is 13.0. The number of anilines is 1. The number of carboxylic acids is 1. The maximum absolute atomic E-state index is 10.7. The highest BCUT2D eigenvalue weighted by atomic mass is 16.4. The lowest BCUT2D eigenvalue weighted by Gasteiger charge is -2.10. The molecule has 0 bridgehead atoms. The lowest BCUT2D eigenvalue weighted by atomic mass is 10.1. The van der Waals surface area contributed by atoms with Gasteiger partial charge in [-0.3, -0.25) is 4.79 Å². The molecular weight excluding hydrogens is 242 g/mol. The summed E-state index contributed by atoms with van der Waals surface area (Å²) in [6.45, 7) is 3.56. The van der Waals surface area contributed by atoms with Gasteiger partial charge in [-0.25, -0.2) is 0 Å². The largest absolute Gasteiger partial charge is 0.480 e. The van der Waals surface area contributed by atoms with E-state index in [1.807, 2.05) is 37.3 Å². The third-order valence-electron chi connectivity index (χ3n) is 2.82. The summed E-state index contributed by atoms with van der Waals surface area (Å²) in [5, 5.41) is 19.7. The van der Waals surface area contributed by atoms with Crippen LogP contribution in [0.1, 0.15) is 12.5 Å². The van der Waals surface area contributed by atoms with Crippen molar-refractivity contribution in [1.29, 1.82) is 0 Å². The Kier molecular flexibility index (Phi) is 3.75. The molecule has 2 aromatic rings. The van der Waals surface area contributed by atoms with Crippen LogP contribution in [0.25, 0.3) is 11.3 Å². The van der Waals surface area contributed by atoms with Crippen LogP contribution in [0.4, 0.5) is 5.82 Å². The third kappa shape index (κ3) is 3.07. The van der Waals surface area contributed by atoms with E-state index in [1.54, 1.807) is 13.0 Å². The first-order valence-electron chi connectivity index (χ1n) is 5.97. The minimum absolute atomic E-state index is 0.451. The molecule has 0 saturated carbocycles. The van der Waals surface area contributed by atoms with Gasteiger partial charge in [0.1, 0.15) is 11.9 Å². The van der Waals surface area contributed by atoms with Crippen molar-refractivity contribution in [3.8, 4) is 11.3 Å². The van der Waals surface area contributed by atoms with Gasteiger partial charge in [-0.15, -0.1) is 10.2 Å². The summed E-state index contributed by atoms with van der Waals surface area (Å²) in [5.74, 6) is -0.475. The van der Waals surface area contributed by atoms with Crippen LogP contribution in [0.2, 0.25) is 0 Å². The van der Waals surface area contributed by atoms with Crippen LogP contribution < -0.4 is 5.32 Å². The van der Waals surface area contributed by atoms with Crippen molar-refractivity contribution < 1.29 is 9.90 Å². The Bertz CT molecular complexity index is 581. The van der Waals surface area contributed by atoms with Gasteiger partial charge in [0.15, 0.2) is 0 Å². The van der Waals surface area contributed by atoms with Crippen molar-refractivity contribution in [2.24, 2.45) is 0 Å². The van der Waals surface area contributed by atoms with Gasteiger partial charge in [0, 0.05) is 5.56 Å². The number of carbonyl (C=O) groups is 1. The lowest BCUT2D eigenvalue weighted by molar-refractivity contribution is -0.137. The van der Waals surface area contributed by atoms with Crippen molar-refractivity contribution in [2.75, 3.05) is 5.32 Å². The van der Waals surface area contributed by atoms with Gasteiger partial charge in [0.2, 0.25) is 0 Å². The molecule has 2 N–H and O–H groups in total. The van der Waals surface area contributed by atoms with Gasteiger partial charge in [0.05, 0.1) is 5.69 Å². The number of aliphatic carboxylic acids is 1. The summed E-state index contributed by atoms with van der Waals surface area (Å²) < 4.78 is 0. The van der Waals surface area contributed by atoms with E-state index in [0.29, 0.717) is 5.82 Å². The van der Waals surface area contributed by atoms with Crippen LogP contribution in [0.5, 0.6) is 0 Å². The number of rotatable bonds is 4. The van der Waals surface area contributed by atoms with Crippen LogP contribution in [-0.2, 0) is 4.79 Å². The van der Waals surface area contributed by atoms with E-state index in [-0.39, 0.29) is 0 Å². The second kappa shape index (κ2) is 5.48. The molecule has 1 aromatic heterocycles. The highest BCUT2D eigenvalue weighted by Crippen LogP contribution is 2.20. The molecule has 1 aromatic carbocycles. The summed E-state index contributed by atoms with van der Waals surface area (Å²) in [7, 11) is 0. The van der Waals surface area contributed by atoms with Gasteiger partial charge in [-0.05, 0) is 31.5 Å². The first-order valence-corrected chi connectivity index (χ1v) is 5.97. The minimum atomic E-state index is -0.926. The summed E-state index contributed by atoms with van der Waals surface area (Å²) in [6, 6.07) is 10.8. The second-order valence-corrected chi connectivity index (χ2v) is 4.32. The van der Waals surface area contributed by atoms with Crippen molar-refractivity contribution >= 4 is 11.8 Å². The summed E-state index contributed by atoms with van der Waals surface area (Å²) >= 11 is 0. The molecule has 1 unspecified atom stereocenters. The third-order valence-corrected chi connectivity index (χ3v) is 2.82. The topological polar surface area (TPSA) is 75.1 Å². The smallest absolute Gasteiger partial charge is 0.325 e. The number of benzene rings is 1. The SMILES string of the molecule is Cc1ccccc1-c1ccc(NC(C)C(=O)O)nn1. The fraction of sp³-hybridized carbons (Fsp3) is 0.214. The van der Waals surface area contributed by atoms with Crippen LogP contribution in [-0.4, -0.2) is 27.3 Å². The molecule has 5 nitrogen and oxygen atoms in total. The molecule has 0 radical (unpaired) electrons. The lowest BCUT2D eigenvalue weighted by Crippen LogP contribution is -2.25. The predicted molar refractivity (Wildman–Crippen MR) is 72.9 cm³/mol. The Morgan fingerprint density at radius 3 is 2.53 bits per heavy atom. The standard InChI is InChI=1S/C14H15N3O2/c1-9-5-3-4-6-11(9)12-7-8-13(17-16-12)15-10(2)14(18)19/h3-8,10H,1-2H3,(H,15,17)(H,18,19). The van der Waals surface area contributed by atoms with Crippen LogP contribution >= 0.6 is 0 Å². The molecule has 0 spiro atoms. The molecule has 98 valence electrons. The van der Waals surface area contributed by atoms with E-state index in [2.05, 4.69) is 15.5 Å². The number of aromatic nitrogens is 2. The second-order valence-electron chi connectivity index (χ2n) is 4.32. The van der Waals surface area contributed by atoms with E-state index in [9.17, 15) is 4.79 Å². The predicted octanol–water partition coefficient (Wildman–Crippen LogP) is 2.34. The summed E-state index contributed by atoms with van der Waals surface area (Å²) in [4.78, 5) is 10.7.